The van der Waals surface area contributed by atoms with Crippen LogP contribution in [-0.2, 0) is 6.42 Å². The lowest BCUT2D eigenvalue weighted by Gasteiger charge is -2.11. The Labute approximate surface area is 178 Å². The molecule has 0 aliphatic rings. The molecule has 0 bridgehead atoms. The van der Waals surface area contributed by atoms with Gasteiger partial charge in [-0.2, -0.15) is 15.6 Å². The molecule has 0 unspecified atom stereocenters. The van der Waals surface area contributed by atoms with Gasteiger partial charge >= 0.3 is 0 Å². The first-order valence-electron chi connectivity index (χ1n) is 9.67. The average Bonchev–Trinajstić information content (AvgIpc) is 3.12. The summed E-state index contributed by atoms with van der Waals surface area (Å²) in [5, 5.41) is 27.6. The molecule has 152 valence electrons. The molecule has 8 heteroatoms. The second-order valence-corrected chi connectivity index (χ2v) is 6.91. The van der Waals surface area contributed by atoms with Crippen LogP contribution < -0.4 is 11.1 Å². The summed E-state index contributed by atoms with van der Waals surface area (Å²) in [6.07, 6.45) is 2.73. The lowest BCUT2D eigenvalue weighted by Crippen LogP contribution is -2.06. The molecule has 4 rings (SSSR count). The smallest absolute Gasteiger partial charge is 0.145 e. The van der Waals surface area contributed by atoms with E-state index in [-0.39, 0.29) is 11.6 Å². The average molecular weight is 411 g/mol. The second-order valence-electron chi connectivity index (χ2n) is 6.91. The molecule has 0 radical (unpaired) electrons. The van der Waals surface area contributed by atoms with Crippen molar-refractivity contribution in [3.63, 3.8) is 0 Å². The van der Waals surface area contributed by atoms with Crippen molar-refractivity contribution in [2.75, 3.05) is 17.6 Å². The number of hydrogen-bond donors (Lipinski definition) is 2. The molecule has 7 nitrogen and oxygen atoms in total. The van der Waals surface area contributed by atoms with Crippen molar-refractivity contribution < 1.29 is 4.39 Å². The molecule has 0 saturated heterocycles. The lowest BCUT2D eigenvalue weighted by molar-refractivity contribution is 0.627. The Bertz CT molecular complexity index is 1330. The van der Waals surface area contributed by atoms with Gasteiger partial charge in [0.15, 0.2) is 0 Å². The first-order valence-corrected chi connectivity index (χ1v) is 9.67. The summed E-state index contributed by atoms with van der Waals surface area (Å²) in [6.45, 7) is 0.566. The van der Waals surface area contributed by atoms with Gasteiger partial charge in [-0.15, -0.1) is 0 Å². The summed E-state index contributed by atoms with van der Waals surface area (Å²) in [6, 6.07) is 17.7. The van der Waals surface area contributed by atoms with Gasteiger partial charge in [0.25, 0.3) is 0 Å². The Balaban J connectivity index is 1.51. The minimum absolute atomic E-state index is 0.226. The number of nitrogens with one attached hydrogen (secondary N) is 1. The van der Waals surface area contributed by atoms with Gasteiger partial charge in [-0.3, -0.25) is 4.98 Å². The zero-order valence-electron chi connectivity index (χ0n) is 16.5. The van der Waals surface area contributed by atoms with Crippen LogP contribution in [0, 0.1) is 28.5 Å². The normalized spacial score (nSPS) is 10.5. The molecule has 2 aromatic carbocycles. The molecule has 4 aromatic rings. The molecular formula is C23H18FN7. The topological polar surface area (TPSA) is 116 Å². The predicted molar refractivity (Wildman–Crippen MR) is 116 cm³/mol. The number of nitrogens with two attached hydrogens (primary N) is 1. The highest BCUT2D eigenvalue weighted by molar-refractivity contribution is 5.93. The van der Waals surface area contributed by atoms with Crippen LogP contribution in [0.5, 0.6) is 0 Å². The summed E-state index contributed by atoms with van der Waals surface area (Å²) in [7, 11) is 0. The van der Waals surface area contributed by atoms with Crippen LogP contribution in [0.1, 0.15) is 23.2 Å². The SMILES string of the molecule is N#Cc1cnc2ccccc2c1NCCCc1nn(-c2ccc(F)cc2)c(N)c1C#N. The second kappa shape index (κ2) is 8.52. The number of rotatable bonds is 6. The standard InChI is InChI=1S/C23H18FN7/c24-16-7-9-17(10-8-16)31-23(27)19(13-26)21(30-31)6-3-11-28-22-15(12-25)14-29-20-5-2-1-4-18(20)22/h1-2,4-5,7-10,14H,3,6,11,27H2,(H,28,29). The minimum atomic E-state index is -0.360. The van der Waals surface area contributed by atoms with Crippen molar-refractivity contribution in [2.24, 2.45) is 0 Å². The van der Waals surface area contributed by atoms with Crippen LogP contribution in [-0.4, -0.2) is 21.3 Å². The maximum atomic E-state index is 13.2. The number of halogens is 1. The number of hydrogen-bond acceptors (Lipinski definition) is 6. The number of para-hydroxylation sites is 1. The van der Waals surface area contributed by atoms with Crippen molar-refractivity contribution in [2.45, 2.75) is 12.8 Å². The molecule has 0 saturated carbocycles. The van der Waals surface area contributed by atoms with Crippen molar-refractivity contribution in [1.82, 2.24) is 14.8 Å². The number of benzene rings is 2. The number of aromatic nitrogens is 3. The largest absolute Gasteiger partial charge is 0.383 e. The third-order valence-electron chi connectivity index (χ3n) is 4.96. The Morgan fingerprint density at radius 2 is 1.84 bits per heavy atom. The third kappa shape index (κ3) is 3.87. The zero-order valence-corrected chi connectivity index (χ0v) is 16.5. The molecule has 2 heterocycles. The summed E-state index contributed by atoms with van der Waals surface area (Å²) in [4.78, 5) is 4.31. The molecule has 31 heavy (non-hydrogen) atoms. The van der Waals surface area contributed by atoms with Gasteiger partial charge in [0.05, 0.1) is 28.1 Å². The number of pyridine rings is 1. The predicted octanol–water partition coefficient (Wildman–Crippen LogP) is 3.93. The van der Waals surface area contributed by atoms with Gasteiger partial charge in [-0.25, -0.2) is 9.07 Å². The van der Waals surface area contributed by atoms with E-state index in [1.54, 1.807) is 18.3 Å². The number of anilines is 2. The molecular weight excluding hydrogens is 393 g/mol. The van der Waals surface area contributed by atoms with E-state index in [0.29, 0.717) is 41.9 Å². The fraction of sp³-hybridized carbons (Fsp3) is 0.130. The summed E-state index contributed by atoms with van der Waals surface area (Å²) in [5.74, 6) is -0.134. The van der Waals surface area contributed by atoms with E-state index in [9.17, 15) is 14.9 Å². The number of fused-ring (bicyclic) bond motifs is 1. The highest BCUT2D eigenvalue weighted by atomic mass is 19.1. The molecule has 0 aliphatic carbocycles. The minimum Gasteiger partial charge on any atom is -0.383 e. The van der Waals surface area contributed by atoms with E-state index >= 15 is 0 Å². The summed E-state index contributed by atoms with van der Waals surface area (Å²) in [5.41, 5.74) is 9.60. The number of nitrogens with zero attached hydrogens (tertiary/aromatic N) is 5. The van der Waals surface area contributed by atoms with Crippen molar-refractivity contribution >= 4 is 22.4 Å². The van der Waals surface area contributed by atoms with E-state index in [0.717, 1.165) is 16.6 Å². The van der Waals surface area contributed by atoms with Crippen molar-refractivity contribution in [1.29, 1.82) is 10.5 Å². The summed E-state index contributed by atoms with van der Waals surface area (Å²) >= 11 is 0. The molecule has 0 spiro atoms. The zero-order chi connectivity index (χ0) is 21.8. The van der Waals surface area contributed by atoms with Crippen LogP contribution in [0.4, 0.5) is 15.9 Å². The molecule has 3 N–H and O–H groups in total. The van der Waals surface area contributed by atoms with E-state index < -0.39 is 0 Å². The number of nitriles is 2. The van der Waals surface area contributed by atoms with Gasteiger partial charge in [0.1, 0.15) is 29.3 Å². The molecule has 2 aromatic heterocycles. The Kier molecular flexibility index (Phi) is 5.46. The fourth-order valence-electron chi connectivity index (χ4n) is 3.44. The van der Waals surface area contributed by atoms with Crippen LogP contribution in [0.2, 0.25) is 0 Å². The Morgan fingerprint density at radius 1 is 1.06 bits per heavy atom. The van der Waals surface area contributed by atoms with Crippen LogP contribution >= 0.6 is 0 Å². The van der Waals surface area contributed by atoms with E-state index in [2.05, 4.69) is 27.5 Å². The third-order valence-corrected chi connectivity index (χ3v) is 4.96. The monoisotopic (exact) mass is 411 g/mol. The number of nitrogen functional groups attached to an aromatic ring is 1. The molecule has 0 amide bonds. The summed E-state index contributed by atoms with van der Waals surface area (Å²) < 4.78 is 14.7. The van der Waals surface area contributed by atoms with Crippen LogP contribution in [0.15, 0.2) is 54.7 Å². The highest BCUT2D eigenvalue weighted by Crippen LogP contribution is 2.26. The van der Waals surface area contributed by atoms with Gasteiger partial charge in [0, 0.05) is 18.1 Å². The van der Waals surface area contributed by atoms with Gasteiger partial charge < -0.3 is 11.1 Å². The Hall–Kier alpha value is -4.43. The van der Waals surface area contributed by atoms with E-state index in [1.807, 2.05) is 24.3 Å². The maximum Gasteiger partial charge on any atom is 0.145 e. The van der Waals surface area contributed by atoms with Crippen molar-refractivity contribution in [3.8, 4) is 17.8 Å². The van der Waals surface area contributed by atoms with E-state index in [1.165, 1.54) is 16.8 Å². The van der Waals surface area contributed by atoms with Gasteiger partial charge in [0.2, 0.25) is 0 Å². The first-order chi connectivity index (χ1) is 15.1. The van der Waals surface area contributed by atoms with Crippen molar-refractivity contribution in [3.05, 3.63) is 77.4 Å². The van der Waals surface area contributed by atoms with Gasteiger partial charge in [-0.1, -0.05) is 18.2 Å². The molecule has 0 aliphatic heterocycles. The maximum absolute atomic E-state index is 13.2. The lowest BCUT2D eigenvalue weighted by atomic mass is 10.1. The van der Waals surface area contributed by atoms with Gasteiger partial charge in [-0.05, 0) is 43.2 Å². The number of aryl methyl sites for hydroxylation is 1. The molecule has 0 fully saturated rings. The highest BCUT2D eigenvalue weighted by Gasteiger charge is 2.16. The fourth-order valence-corrected chi connectivity index (χ4v) is 3.44. The Morgan fingerprint density at radius 3 is 2.58 bits per heavy atom. The van der Waals surface area contributed by atoms with E-state index in [4.69, 9.17) is 5.73 Å². The van der Waals surface area contributed by atoms with Crippen LogP contribution in [0.25, 0.3) is 16.6 Å². The van der Waals surface area contributed by atoms with Crippen LogP contribution in [0.3, 0.4) is 0 Å². The molecule has 0 atom stereocenters. The first kappa shape index (κ1) is 19.9. The quantitative estimate of drug-likeness (QED) is 0.464.